The van der Waals surface area contributed by atoms with Crippen LogP contribution in [0.5, 0.6) is 0 Å². The minimum absolute atomic E-state index is 0.158. The van der Waals surface area contributed by atoms with Gasteiger partial charge < -0.3 is 9.42 Å². The van der Waals surface area contributed by atoms with Crippen LogP contribution in [0.25, 0.3) is 0 Å². The monoisotopic (exact) mass is 337 g/mol. The smallest absolute Gasteiger partial charge is 0.241 e. The maximum atomic E-state index is 11.7. The molecule has 1 aliphatic heterocycles. The Morgan fingerprint density at radius 2 is 2.22 bits per heavy atom. The first kappa shape index (κ1) is 15.9. The van der Waals surface area contributed by atoms with E-state index in [0.717, 1.165) is 37.6 Å². The Labute approximate surface area is 135 Å². The van der Waals surface area contributed by atoms with Crippen molar-refractivity contribution < 1.29 is 12.9 Å². The highest BCUT2D eigenvalue weighted by molar-refractivity contribution is 7.89. The summed E-state index contributed by atoms with van der Waals surface area (Å²) in [4.78, 5) is 10.9. The molecule has 0 radical (unpaired) electrons. The second-order valence-corrected chi connectivity index (χ2v) is 7.40. The molecule has 1 fully saturated rings. The summed E-state index contributed by atoms with van der Waals surface area (Å²) in [6, 6.07) is 3.30. The van der Waals surface area contributed by atoms with E-state index >= 15 is 0 Å². The van der Waals surface area contributed by atoms with Gasteiger partial charge >= 0.3 is 0 Å². The van der Waals surface area contributed by atoms with Crippen molar-refractivity contribution in [3.63, 3.8) is 0 Å². The first-order chi connectivity index (χ1) is 11.0. The molecular weight excluding hydrogens is 318 g/mol. The Hall–Kier alpha value is -2.00. The number of anilines is 1. The van der Waals surface area contributed by atoms with Crippen LogP contribution in [0.1, 0.15) is 30.5 Å². The Balaban J connectivity index is 1.76. The molecule has 0 aromatic carbocycles. The number of pyridine rings is 1. The molecule has 2 aromatic rings. The van der Waals surface area contributed by atoms with E-state index in [1.165, 1.54) is 13.2 Å². The quantitative estimate of drug-likeness (QED) is 0.890. The van der Waals surface area contributed by atoms with Crippen LogP contribution in [0.4, 0.5) is 5.82 Å². The van der Waals surface area contributed by atoms with E-state index in [0.29, 0.717) is 5.89 Å². The van der Waals surface area contributed by atoms with Crippen molar-refractivity contribution in [2.75, 3.05) is 25.0 Å². The third-order valence-corrected chi connectivity index (χ3v) is 5.35. The van der Waals surface area contributed by atoms with Crippen LogP contribution in [0.3, 0.4) is 0 Å². The summed E-state index contributed by atoms with van der Waals surface area (Å²) in [5.41, 5.74) is 0. The van der Waals surface area contributed by atoms with Crippen LogP contribution >= 0.6 is 0 Å². The summed E-state index contributed by atoms with van der Waals surface area (Å²) in [6.45, 7) is 3.39. The first-order valence-corrected chi connectivity index (χ1v) is 8.92. The average Bonchev–Trinajstić information content (AvgIpc) is 3.02. The molecule has 0 unspecified atom stereocenters. The Kier molecular flexibility index (Phi) is 4.31. The molecule has 3 rings (SSSR count). The number of rotatable bonds is 4. The minimum Gasteiger partial charge on any atom is -0.356 e. The van der Waals surface area contributed by atoms with E-state index in [-0.39, 0.29) is 10.8 Å². The van der Waals surface area contributed by atoms with Crippen molar-refractivity contribution in [1.82, 2.24) is 19.8 Å². The molecular formula is C14H19N5O3S. The maximum absolute atomic E-state index is 11.7. The van der Waals surface area contributed by atoms with Crippen molar-refractivity contribution in [2.45, 2.75) is 30.6 Å². The van der Waals surface area contributed by atoms with Crippen molar-refractivity contribution in [1.29, 1.82) is 0 Å². The normalized spacial score (nSPS) is 19.0. The molecule has 1 atom stereocenters. The lowest BCUT2D eigenvalue weighted by Gasteiger charge is -2.32. The minimum atomic E-state index is -3.46. The molecule has 0 aliphatic carbocycles. The zero-order valence-electron chi connectivity index (χ0n) is 13.1. The predicted octanol–water partition coefficient (Wildman–Crippen LogP) is 1.07. The molecule has 2 aromatic heterocycles. The van der Waals surface area contributed by atoms with E-state index in [1.807, 2.05) is 0 Å². The summed E-state index contributed by atoms with van der Waals surface area (Å²) < 4.78 is 30.8. The van der Waals surface area contributed by atoms with Crippen LogP contribution in [-0.4, -0.2) is 43.7 Å². The van der Waals surface area contributed by atoms with E-state index in [2.05, 4.69) is 24.7 Å². The molecule has 9 heteroatoms. The molecule has 1 saturated heterocycles. The summed E-state index contributed by atoms with van der Waals surface area (Å²) in [5.74, 6) is 2.24. The molecule has 0 amide bonds. The van der Waals surface area contributed by atoms with Crippen LogP contribution < -0.4 is 9.62 Å². The van der Waals surface area contributed by atoms with Gasteiger partial charge in [-0.15, -0.1) is 0 Å². The highest BCUT2D eigenvalue weighted by Crippen LogP contribution is 2.27. The van der Waals surface area contributed by atoms with Gasteiger partial charge in [0.1, 0.15) is 10.7 Å². The molecule has 3 heterocycles. The number of aromatic nitrogens is 3. The van der Waals surface area contributed by atoms with Gasteiger partial charge in [0, 0.05) is 32.1 Å². The zero-order chi connectivity index (χ0) is 16.4. The Morgan fingerprint density at radius 1 is 1.39 bits per heavy atom. The van der Waals surface area contributed by atoms with Gasteiger partial charge in [0.15, 0.2) is 5.82 Å². The molecule has 23 heavy (non-hydrogen) atoms. The van der Waals surface area contributed by atoms with Gasteiger partial charge in [-0.3, -0.25) is 0 Å². The van der Waals surface area contributed by atoms with Crippen LogP contribution in [-0.2, 0) is 10.0 Å². The lowest BCUT2D eigenvalue weighted by Crippen LogP contribution is -2.35. The van der Waals surface area contributed by atoms with Gasteiger partial charge in [-0.25, -0.2) is 18.1 Å². The van der Waals surface area contributed by atoms with Crippen molar-refractivity contribution in [3.05, 3.63) is 30.0 Å². The fraction of sp³-hybridized carbons (Fsp3) is 0.500. The summed E-state index contributed by atoms with van der Waals surface area (Å²) in [7, 11) is -2.08. The molecule has 0 saturated carbocycles. The fourth-order valence-corrected chi connectivity index (χ4v) is 3.39. The highest BCUT2D eigenvalue weighted by atomic mass is 32.2. The number of piperidine rings is 1. The summed E-state index contributed by atoms with van der Waals surface area (Å²) in [5, 5.41) is 4.00. The number of aryl methyl sites for hydroxylation is 1. The topological polar surface area (TPSA) is 101 Å². The van der Waals surface area contributed by atoms with E-state index < -0.39 is 10.0 Å². The number of nitrogens with one attached hydrogen (secondary N) is 1. The van der Waals surface area contributed by atoms with Gasteiger partial charge in [0.25, 0.3) is 0 Å². The molecule has 1 N–H and O–H groups in total. The third-order valence-electron chi connectivity index (χ3n) is 3.95. The molecule has 1 aliphatic rings. The van der Waals surface area contributed by atoms with Gasteiger partial charge in [-0.1, -0.05) is 5.16 Å². The molecule has 0 spiro atoms. The van der Waals surface area contributed by atoms with Gasteiger partial charge in [-0.05, 0) is 32.0 Å². The Bertz CT molecular complexity index is 772. The first-order valence-electron chi connectivity index (χ1n) is 7.44. The lowest BCUT2D eigenvalue weighted by atomic mass is 9.97. The van der Waals surface area contributed by atoms with Crippen LogP contribution in [0, 0.1) is 6.92 Å². The van der Waals surface area contributed by atoms with Gasteiger partial charge in [0.2, 0.25) is 15.9 Å². The summed E-state index contributed by atoms with van der Waals surface area (Å²) >= 11 is 0. The predicted molar refractivity (Wildman–Crippen MR) is 83.7 cm³/mol. The van der Waals surface area contributed by atoms with Crippen molar-refractivity contribution in [2.24, 2.45) is 0 Å². The van der Waals surface area contributed by atoms with Crippen molar-refractivity contribution in [3.8, 4) is 0 Å². The second kappa shape index (κ2) is 6.25. The SMILES string of the molecule is CNS(=O)(=O)c1ccc(N2CCC[C@H](c3noc(C)n3)C2)nc1. The number of nitrogens with zero attached hydrogens (tertiary/aromatic N) is 4. The zero-order valence-corrected chi connectivity index (χ0v) is 13.9. The van der Waals surface area contributed by atoms with Crippen molar-refractivity contribution >= 4 is 15.8 Å². The standard InChI is InChI=1S/C14H19N5O3S/c1-10-17-14(18-22-10)11-4-3-7-19(9-11)13-6-5-12(8-16-13)23(20,21)15-2/h5-6,8,11,15H,3-4,7,9H2,1-2H3/t11-/m0/s1. The summed E-state index contributed by atoms with van der Waals surface area (Å²) in [6.07, 6.45) is 3.38. The Morgan fingerprint density at radius 3 is 2.83 bits per heavy atom. The highest BCUT2D eigenvalue weighted by Gasteiger charge is 2.26. The largest absolute Gasteiger partial charge is 0.356 e. The van der Waals surface area contributed by atoms with Gasteiger partial charge in [0.05, 0.1) is 0 Å². The van der Waals surface area contributed by atoms with Crippen LogP contribution in [0.2, 0.25) is 0 Å². The number of hydrogen-bond acceptors (Lipinski definition) is 7. The molecule has 124 valence electrons. The van der Waals surface area contributed by atoms with Gasteiger partial charge in [-0.2, -0.15) is 4.98 Å². The molecule has 8 nitrogen and oxygen atoms in total. The average molecular weight is 337 g/mol. The van der Waals surface area contributed by atoms with E-state index in [1.54, 1.807) is 19.1 Å². The fourth-order valence-electron chi connectivity index (χ4n) is 2.71. The third kappa shape index (κ3) is 3.35. The van der Waals surface area contributed by atoms with E-state index in [9.17, 15) is 8.42 Å². The second-order valence-electron chi connectivity index (χ2n) is 5.52. The maximum Gasteiger partial charge on any atom is 0.241 e. The van der Waals surface area contributed by atoms with E-state index in [4.69, 9.17) is 4.52 Å². The molecule has 0 bridgehead atoms. The lowest BCUT2D eigenvalue weighted by molar-refractivity contribution is 0.376. The van der Waals surface area contributed by atoms with Crippen LogP contribution in [0.15, 0.2) is 27.7 Å². The number of hydrogen-bond donors (Lipinski definition) is 1. The number of sulfonamides is 1.